The highest BCUT2D eigenvalue weighted by molar-refractivity contribution is 6.00. The van der Waals surface area contributed by atoms with E-state index in [4.69, 9.17) is 5.11 Å². The molecule has 0 radical (unpaired) electrons. The van der Waals surface area contributed by atoms with Crippen molar-refractivity contribution in [3.63, 3.8) is 0 Å². The zero-order chi connectivity index (χ0) is 17.3. The molecule has 2 aromatic heterocycles. The van der Waals surface area contributed by atoms with Crippen LogP contribution in [0.3, 0.4) is 0 Å². The molecule has 0 unspecified atom stereocenters. The lowest BCUT2D eigenvalue weighted by Gasteiger charge is -2.14. The fraction of sp³-hybridized carbons (Fsp3) is 0.375. The number of carboxylic acid groups (broad SMARTS) is 1. The zero-order valence-corrected chi connectivity index (χ0v) is 13.5. The Morgan fingerprint density at radius 3 is 2.61 bits per heavy atom. The van der Waals surface area contributed by atoms with Crippen molar-refractivity contribution in [2.24, 2.45) is 7.05 Å². The van der Waals surface area contributed by atoms with Crippen LogP contribution in [0.2, 0.25) is 0 Å². The molecule has 0 saturated heterocycles. The first-order chi connectivity index (χ1) is 10.7. The number of aryl methyl sites for hydroxylation is 2. The first-order valence-electron chi connectivity index (χ1n) is 7.23. The summed E-state index contributed by atoms with van der Waals surface area (Å²) in [6.45, 7) is 5.16. The van der Waals surface area contributed by atoms with Gasteiger partial charge in [0.25, 0.3) is 11.5 Å². The van der Waals surface area contributed by atoms with Gasteiger partial charge in [-0.15, -0.1) is 0 Å². The minimum absolute atomic E-state index is 0.0397. The molecule has 23 heavy (non-hydrogen) atoms. The molecule has 0 aliphatic heterocycles. The molecule has 7 heteroatoms. The highest BCUT2D eigenvalue weighted by Gasteiger charge is 2.20. The smallest absolute Gasteiger partial charge is 0.322 e. The van der Waals surface area contributed by atoms with Crippen molar-refractivity contribution in [1.82, 2.24) is 14.9 Å². The number of aliphatic carboxylic acids is 1. The second kappa shape index (κ2) is 6.20. The van der Waals surface area contributed by atoms with Crippen LogP contribution in [0.4, 0.5) is 0 Å². The molecule has 0 spiro atoms. The monoisotopic (exact) mass is 317 g/mol. The van der Waals surface area contributed by atoms with Crippen LogP contribution in [-0.4, -0.2) is 33.1 Å². The van der Waals surface area contributed by atoms with Gasteiger partial charge in [0.2, 0.25) is 0 Å². The normalized spacial score (nSPS) is 11.0. The fourth-order valence-corrected chi connectivity index (χ4v) is 2.43. The van der Waals surface area contributed by atoms with Crippen molar-refractivity contribution in [3.05, 3.63) is 39.4 Å². The van der Waals surface area contributed by atoms with Gasteiger partial charge < -0.3 is 15.0 Å². The molecule has 2 rings (SSSR count). The molecule has 2 heterocycles. The number of aromatic nitrogens is 2. The summed E-state index contributed by atoms with van der Waals surface area (Å²) in [5.74, 6) is -1.64. The number of fused-ring (bicyclic) bond motifs is 1. The Labute approximate surface area is 133 Å². The van der Waals surface area contributed by atoms with Crippen molar-refractivity contribution in [2.45, 2.75) is 26.7 Å². The summed E-state index contributed by atoms with van der Waals surface area (Å²) in [7, 11) is 1.56. The molecule has 0 bridgehead atoms. The van der Waals surface area contributed by atoms with Gasteiger partial charge >= 0.3 is 5.97 Å². The Kier molecular flexibility index (Phi) is 4.49. The van der Waals surface area contributed by atoms with Crippen molar-refractivity contribution < 1.29 is 14.7 Å². The van der Waals surface area contributed by atoms with Gasteiger partial charge in [0.15, 0.2) is 0 Å². The molecular formula is C16H19N3O4. The third-order valence-electron chi connectivity index (χ3n) is 3.78. The Bertz CT molecular complexity index is 853. The largest absolute Gasteiger partial charge is 0.480 e. The number of pyridine rings is 2. The van der Waals surface area contributed by atoms with Crippen LogP contribution < -0.4 is 10.9 Å². The van der Waals surface area contributed by atoms with Gasteiger partial charge in [-0.2, -0.15) is 0 Å². The summed E-state index contributed by atoms with van der Waals surface area (Å²) in [5.41, 5.74) is 1.50. The lowest BCUT2D eigenvalue weighted by atomic mass is 10.0. The van der Waals surface area contributed by atoms with Crippen molar-refractivity contribution in [3.8, 4) is 0 Å². The van der Waals surface area contributed by atoms with E-state index in [0.29, 0.717) is 11.1 Å². The summed E-state index contributed by atoms with van der Waals surface area (Å²) in [4.78, 5) is 39.6. The molecule has 0 aliphatic carbocycles. The van der Waals surface area contributed by atoms with Gasteiger partial charge in [-0.05, 0) is 24.5 Å². The van der Waals surface area contributed by atoms with Crippen LogP contribution in [-0.2, 0) is 11.8 Å². The van der Waals surface area contributed by atoms with Crippen LogP contribution in [0.25, 0.3) is 10.9 Å². The van der Waals surface area contributed by atoms with Crippen LogP contribution in [0.5, 0.6) is 0 Å². The average molecular weight is 317 g/mol. The molecule has 0 aliphatic rings. The van der Waals surface area contributed by atoms with Crippen LogP contribution in [0.15, 0.2) is 17.1 Å². The molecule has 2 aromatic rings. The number of rotatable bonds is 4. The molecule has 122 valence electrons. The highest BCUT2D eigenvalue weighted by Crippen LogP contribution is 2.22. The number of nitrogens with zero attached hydrogens (tertiary/aromatic N) is 2. The predicted octanol–water partition coefficient (Wildman–Crippen LogP) is 1.18. The van der Waals surface area contributed by atoms with E-state index < -0.39 is 24.0 Å². The predicted molar refractivity (Wildman–Crippen MR) is 85.8 cm³/mol. The molecule has 0 saturated carbocycles. The van der Waals surface area contributed by atoms with Gasteiger partial charge in [-0.25, -0.2) is 0 Å². The van der Waals surface area contributed by atoms with Crippen molar-refractivity contribution >= 4 is 22.8 Å². The maximum atomic E-state index is 12.4. The summed E-state index contributed by atoms with van der Waals surface area (Å²) < 4.78 is 1.36. The number of carbonyl (C=O) groups is 2. The van der Waals surface area contributed by atoms with E-state index in [-0.39, 0.29) is 11.5 Å². The second-order valence-electron chi connectivity index (χ2n) is 5.72. The highest BCUT2D eigenvalue weighted by atomic mass is 16.4. The number of nitrogens with one attached hydrogen (secondary N) is 1. The van der Waals surface area contributed by atoms with Gasteiger partial charge in [-0.1, -0.05) is 13.8 Å². The number of carbonyl (C=O) groups excluding carboxylic acids is 1. The number of hydrogen-bond acceptors (Lipinski definition) is 4. The van der Waals surface area contributed by atoms with Gasteiger partial charge in [0, 0.05) is 18.1 Å². The molecule has 0 aromatic carbocycles. The lowest BCUT2D eigenvalue weighted by molar-refractivity contribution is -0.135. The van der Waals surface area contributed by atoms with E-state index in [1.807, 2.05) is 19.9 Å². The molecule has 7 nitrogen and oxygen atoms in total. The van der Waals surface area contributed by atoms with Crippen molar-refractivity contribution in [1.29, 1.82) is 0 Å². The van der Waals surface area contributed by atoms with Gasteiger partial charge in [0.05, 0.1) is 11.7 Å². The van der Waals surface area contributed by atoms with Crippen LogP contribution in [0.1, 0.15) is 41.4 Å². The van der Waals surface area contributed by atoms with Gasteiger partial charge in [-0.3, -0.25) is 19.4 Å². The first-order valence-corrected chi connectivity index (χ1v) is 7.23. The van der Waals surface area contributed by atoms with Crippen molar-refractivity contribution in [2.75, 3.05) is 6.54 Å². The summed E-state index contributed by atoms with van der Waals surface area (Å²) >= 11 is 0. The maximum Gasteiger partial charge on any atom is 0.322 e. The number of hydrogen-bond donors (Lipinski definition) is 2. The molecule has 0 atom stereocenters. The van der Waals surface area contributed by atoms with E-state index >= 15 is 0 Å². The van der Waals surface area contributed by atoms with E-state index in [9.17, 15) is 14.4 Å². The van der Waals surface area contributed by atoms with E-state index in [1.165, 1.54) is 4.57 Å². The minimum atomic E-state index is -1.17. The third kappa shape index (κ3) is 3.08. The summed E-state index contributed by atoms with van der Waals surface area (Å²) in [6.07, 6.45) is 1.62. The van der Waals surface area contributed by atoms with E-state index in [2.05, 4.69) is 10.3 Å². The zero-order valence-electron chi connectivity index (χ0n) is 13.5. The SMILES string of the molecule is Cc1c(C(=O)NCC(=O)O)c(=O)n(C)c2cnc(C(C)C)cc12. The topological polar surface area (TPSA) is 101 Å². The summed E-state index contributed by atoms with van der Waals surface area (Å²) in [5, 5.41) is 11.7. The number of carboxylic acids is 1. The molecule has 1 amide bonds. The quantitative estimate of drug-likeness (QED) is 0.881. The Balaban J connectivity index is 2.68. The van der Waals surface area contributed by atoms with Gasteiger partial charge in [0.1, 0.15) is 12.1 Å². The lowest BCUT2D eigenvalue weighted by Crippen LogP contribution is -2.36. The van der Waals surface area contributed by atoms with Crippen LogP contribution >= 0.6 is 0 Å². The molecular weight excluding hydrogens is 298 g/mol. The molecule has 2 N–H and O–H groups in total. The second-order valence-corrected chi connectivity index (χ2v) is 5.72. The summed E-state index contributed by atoms with van der Waals surface area (Å²) in [6, 6.07) is 1.86. The molecule has 0 fully saturated rings. The Hall–Kier alpha value is -2.70. The first kappa shape index (κ1) is 16.7. The fourth-order valence-electron chi connectivity index (χ4n) is 2.43. The third-order valence-corrected chi connectivity index (χ3v) is 3.78. The standard InChI is InChI=1S/C16H19N3O4/c1-8(2)11-5-10-9(3)14(15(22)18-7-13(20)21)16(23)19(4)12(10)6-17-11/h5-6,8H,7H2,1-4H3,(H,18,22)(H,20,21). The Morgan fingerprint density at radius 1 is 1.39 bits per heavy atom. The van der Waals surface area contributed by atoms with E-state index in [1.54, 1.807) is 20.2 Å². The Morgan fingerprint density at radius 2 is 2.04 bits per heavy atom. The van der Waals surface area contributed by atoms with E-state index in [0.717, 1.165) is 11.1 Å². The minimum Gasteiger partial charge on any atom is -0.480 e. The maximum absolute atomic E-state index is 12.4. The van der Waals surface area contributed by atoms with Crippen LogP contribution in [0, 0.1) is 6.92 Å². The number of amides is 1. The average Bonchev–Trinajstić information content (AvgIpc) is 2.50.